The van der Waals surface area contributed by atoms with E-state index in [0.29, 0.717) is 0 Å². The van der Waals surface area contributed by atoms with Crippen LogP contribution in [-0.4, -0.2) is 33.9 Å². The molecular formula is C16H16N2O2. The number of hydrogen-bond donors (Lipinski definition) is 0. The van der Waals surface area contributed by atoms with Crippen molar-refractivity contribution in [1.29, 1.82) is 0 Å². The van der Waals surface area contributed by atoms with Crippen LogP contribution in [0.3, 0.4) is 0 Å². The Labute approximate surface area is 117 Å². The molecule has 1 unspecified atom stereocenters. The monoisotopic (exact) mass is 268 g/mol. The van der Waals surface area contributed by atoms with E-state index in [2.05, 4.69) is 36.5 Å². The lowest BCUT2D eigenvalue weighted by Crippen LogP contribution is -2.76. The minimum Gasteiger partial charge on any atom is -0.272 e. The van der Waals surface area contributed by atoms with Gasteiger partial charge in [0, 0.05) is 10.8 Å². The van der Waals surface area contributed by atoms with Gasteiger partial charge in [-0.15, -0.1) is 0 Å². The zero-order chi connectivity index (χ0) is 13.7. The van der Waals surface area contributed by atoms with Gasteiger partial charge >= 0.3 is 0 Å². The SMILES string of the molecule is CC1C(=O)N2[C@H]3C=C[C@@H](N2C1=O)[C@]12C=C[C@]31CC=CC2. The molecule has 2 bridgehead atoms. The third kappa shape index (κ3) is 0.799. The van der Waals surface area contributed by atoms with Gasteiger partial charge in [0.05, 0.1) is 12.1 Å². The molecule has 0 aromatic carbocycles. The molecule has 0 aromatic rings. The zero-order valence-corrected chi connectivity index (χ0v) is 11.3. The molecule has 2 saturated heterocycles. The van der Waals surface area contributed by atoms with Gasteiger partial charge in [-0.25, -0.2) is 10.0 Å². The van der Waals surface area contributed by atoms with Gasteiger partial charge in [0.25, 0.3) is 11.8 Å². The second kappa shape index (κ2) is 2.92. The molecule has 0 saturated carbocycles. The highest BCUT2D eigenvalue weighted by molar-refractivity contribution is 6.06. The minimum atomic E-state index is -0.528. The highest BCUT2D eigenvalue weighted by Gasteiger charge is 2.72. The van der Waals surface area contributed by atoms with Crippen molar-refractivity contribution in [2.75, 3.05) is 0 Å². The Morgan fingerprint density at radius 2 is 1.40 bits per heavy atom. The van der Waals surface area contributed by atoms with Gasteiger partial charge in [-0.1, -0.05) is 36.5 Å². The van der Waals surface area contributed by atoms with Crippen LogP contribution >= 0.6 is 0 Å². The maximum Gasteiger partial charge on any atom is 0.254 e. The number of allylic oxidation sites excluding steroid dienone is 2. The first-order valence-corrected chi connectivity index (χ1v) is 7.32. The molecule has 102 valence electrons. The van der Waals surface area contributed by atoms with E-state index >= 15 is 0 Å². The fraction of sp³-hybridized carbons (Fsp3) is 0.500. The van der Waals surface area contributed by atoms with Crippen LogP contribution in [0.4, 0.5) is 0 Å². The highest BCUT2D eigenvalue weighted by Crippen LogP contribution is 2.68. The van der Waals surface area contributed by atoms with Crippen molar-refractivity contribution in [3.63, 3.8) is 0 Å². The van der Waals surface area contributed by atoms with Crippen molar-refractivity contribution in [2.45, 2.75) is 31.8 Å². The molecule has 6 aliphatic rings. The number of nitrogens with zero attached hydrogens (tertiary/aromatic N) is 2. The van der Waals surface area contributed by atoms with Gasteiger partial charge < -0.3 is 0 Å². The molecule has 0 spiro atoms. The lowest BCUT2D eigenvalue weighted by molar-refractivity contribution is -0.203. The van der Waals surface area contributed by atoms with E-state index in [1.807, 2.05) is 0 Å². The summed E-state index contributed by atoms with van der Waals surface area (Å²) in [5.41, 5.74) is 0.0231. The summed E-state index contributed by atoms with van der Waals surface area (Å²) < 4.78 is 0. The number of carbonyl (C=O) groups excluding carboxylic acids is 2. The summed E-state index contributed by atoms with van der Waals surface area (Å²) in [6.45, 7) is 1.73. The molecule has 5 atom stereocenters. The van der Waals surface area contributed by atoms with E-state index in [0.717, 1.165) is 12.8 Å². The zero-order valence-electron chi connectivity index (χ0n) is 11.3. The number of amides is 2. The van der Waals surface area contributed by atoms with Crippen LogP contribution in [-0.2, 0) is 9.59 Å². The summed E-state index contributed by atoms with van der Waals surface area (Å²) in [5.74, 6) is -0.598. The van der Waals surface area contributed by atoms with Crippen LogP contribution in [0.2, 0.25) is 0 Å². The first kappa shape index (κ1) is 10.9. The van der Waals surface area contributed by atoms with Gasteiger partial charge in [-0.2, -0.15) is 0 Å². The summed E-state index contributed by atoms with van der Waals surface area (Å²) in [5, 5.41) is 3.50. The Kier molecular flexibility index (Phi) is 1.59. The highest BCUT2D eigenvalue weighted by atomic mass is 16.2. The largest absolute Gasteiger partial charge is 0.272 e. The Hall–Kier alpha value is -1.84. The predicted molar refractivity (Wildman–Crippen MR) is 72.0 cm³/mol. The summed E-state index contributed by atoms with van der Waals surface area (Å²) in [6.07, 6.45) is 15.2. The molecule has 0 aromatic heterocycles. The molecule has 0 N–H and O–H groups in total. The normalized spacial score (nSPS) is 50.1. The molecule has 3 aliphatic heterocycles. The fourth-order valence-electron chi connectivity index (χ4n) is 4.98. The van der Waals surface area contributed by atoms with E-state index in [4.69, 9.17) is 0 Å². The smallest absolute Gasteiger partial charge is 0.254 e. The van der Waals surface area contributed by atoms with Crippen molar-refractivity contribution in [2.24, 2.45) is 16.7 Å². The van der Waals surface area contributed by atoms with Crippen molar-refractivity contribution < 1.29 is 9.59 Å². The first-order chi connectivity index (χ1) is 9.62. The van der Waals surface area contributed by atoms with Gasteiger partial charge in [0.2, 0.25) is 0 Å². The van der Waals surface area contributed by atoms with Crippen LogP contribution in [0.5, 0.6) is 0 Å². The lowest BCUT2D eigenvalue weighted by Gasteiger charge is -2.70. The molecule has 4 heteroatoms. The minimum absolute atomic E-state index is 0.00356. The summed E-state index contributed by atoms with van der Waals surface area (Å²) in [4.78, 5) is 24.9. The Morgan fingerprint density at radius 1 is 0.950 bits per heavy atom. The van der Waals surface area contributed by atoms with Crippen molar-refractivity contribution in [3.8, 4) is 0 Å². The standard InChI is InChI=1S/C16H16N2O2/c1-10-13(19)17-11-4-5-12(18(17)14(10)20)16-7-3-2-6-15(11,16)8-9-16/h2-5,8-12H,6-7H2,1H3/t10?,11-,12+,15+,16-. The Balaban J connectivity index is 1.75. The van der Waals surface area contributed by atoms with Gasteiger partial charge in [-0.3, -0.25) is 9.59 Å². The molecule has 2 fully saturated rings. The molecule has 6 rings (SSSR count). The molecule has 20 heavy (non-hydrogen) atoms. The summed E-state index contributed by atoms with van der Waals surface area (Å²) >= 11 is 0. The maximum atomic E-state index is 12.5. The van der Waals surface area contributed by atoms with Crippen molar-refractivity contribution in [3.05, 3.63) is 36.5 Å². The molecule has 0 radical (unpaired) electrons. The van der Waals surface area contributed by atoms with E-state index in [1.54, 1.807) is 16.9 Å². The van der Waals surface area contributed by atoms with Crippen LogP contribution in [0, 0.1) is 16.7 Å². The molecule has 4 nitrogen and oxygen atoms in total. The average Bonchev–Trinajstić information content (AvgIpc) is 2.67. The Morgan fingerprint density at radius 3 is 1.80 bits per heavy atom. The summed E-state index contributed by atoms with van der Waals surface area (Å²) in [7, 11) is 0. The van der Waals surface area contributed by atoms with E-state index in [1.165, 1.54) is 0 Å². The topological polar surface area (TPSA) is 40.6 Å². The molecule has 3 heterocycles. The van der Waals surface area contributed by atoms with E-state index in [-0.39, 0.29) is 34.7 Å². The lowest BCUT2D eigenvalue weighted by atomic mass is 9.42. The Bertz CT molecular complexity index is 597. The number of rotatable bonds is 0. The molecule has 2 amide bonds. The van der Waals surface area contributed by atoms with Gasteiger partial charge in [-0.05, 0) is 19.8 Å². The fourth-order valence-corrected chi connectivity index (χ4v) is 4.98. The quantitative estimate of drug-likeness (QED) is 0.492. The predicted octanol–water partition coefficient (Wildman–Crippen LogP) is 1.42. The first-order valence-electron chi connectivity index (χ1n) is 7.32. The number of carbonyl (C=O) groups is 2. The van der Waals surface area contributed by atoms with Crippen LogP contribution < -0.4 is 0 Å². The van der Waals surface area contributed by atoms with Gasteiger partial charge in [0.15, 0.2) is 0 Å². The molecular weight excluding hydrogens is 252 g/mol. The number of hydrogen-bond acceptors (Lipinski definition) is 2. The summed E-state index contributed by atoms with van der Waals surface area (Å²) in [6, 6.07) is 0.00713. The van der Waals surface area contributed by atoms with E-state index < -0.39 is 5.92 Å². The third-order valence-corrected chi connectivity index (χ3v) is 6.11. The second-order valence-corrected chi connectivity index (χ2v) is 6.66. The van der Waals surface area contributed by atoms with Crippen LogP contribution in [0.1, 0.15) is 19.8 Å². The van der Waals surface area contributed by atoms with Crippen LogP contribution in [0.25, 0.3) is 0 Å². The second-order valence-electron chi connectivity index (χ2n) is 6.66. The third-order valence-electron chi connectivity index (χ3n) is 6.11. The number of hydrazine groups is 1. The maximum absolute atomic E-state index is 12.5. The van der Waals surface area contributed by atoms with Crippen molar-refractivity contribution >= 4 is 11.8 Å². The average molecular weight is 268 g/mol. The molecule has 3 aliphatic carbocycles. The van der Waals surface area contributed by atoms with Crippen molar-refractivity contribution in [1.82, 2.24) is 10.0 Å². The van der Waals surface area contributed by atoms with Gasteiger partial charge in [0.1, 0.15) is 5.92 Å². The van der Waals surface area contributed by atoms with E-state index in [9.17, 15) is 9.59 Å². The van der Waals surface area contributed by atoms with Crippen LogP contribution in [0.15, 0.2) is 36.5 Å².